The Morgan fingerprint density at radius 2 is 1.57 bits per heavy atom. The molecule has 2 aromatic heterocycles. The zero-order chi connectivity index (χ0) is 15.6. The summed E-state index contributed by atoms with van der Waals surface area (Å²) in [6, 6.07) is 24.7. The monoisotopic (exact) mass is 299 g/mol. The Bertz CT molecular complexity index is 938. The van der Waals surface area contributed by atoms with Gasteiger partial charge in [0.05, 0.1) is 0 Å². The van der Waals surface area contributed by atoms with Crippen molar-refractivity contribution in [2.45, 2.75) is 6.92 Å². The van der Waals surface area contributed by atoms with Gasteiger partial charge in [0, 0.05) is 17.4 Å². The fourth-order valence-corrected chi connectivity index (χ4v) is 2.69. The highest BCUT2D eigenvalue weighted by molar-refractivity contribution is 5.79. The zero-order valence-electron chi connectivity index (χ0n) is 12.9. The topological polar surface area (TPSA) is 29.3 Å². The van der Waals surface area contributed by atoms with Crippen LogP contribution in [0.25, 0.3) is 16.9 Å². The van der Waals surface area contributed by atoms with E-state index in [1.165, 1.54) is 5.56 Å². The van der Waals surface area contributed by atoms with E-state index < -0.39 is 0 Å². The van der Waals surface area contributed by atoms with Gasteiger partial charge in [0.15, 0.2) is 0 Å². The number of fused-ring (bicyclic) bond motifs is 1. The van der Waals surface area contributed by atoms with Gasteiger partial charge in [-0.15, -0.1) is 0 Å². The molecule has 0 aliphatic rings. The standard InChI is InChI=1S/C20H17N3/c1-15-10-12-17(13-11-15)21-20-19(16-7-3-2-4-8-16)22-18-9-5-6-14-23(18)20/h2-14,21H,1H3. The first-order valence-electron chi connectivity index (χ1n) is 7.67. The maximum Gasteiger partial charge on any atom is 0.143 e. The molecule has 1 N–H and O–H groups in total. The van der Waals surface area contributed by atoms with Gasteiger partial charge in [-0.3, -0.25) is 4.40 Å². The Morgan fingerprint density at radius 1 is 0.826 bits per heavy atom. The van der Waals surface area contributed by atoms with Crippen LogP contribution < -0.4 is 5.32 Å². The van der Waals surface area contributed by atoms with Crippen LogP contribution in [-0.2, 0) is 0 Å². The summed E-state index contributed by atoms with van der Waals surface area (Å²) < 4.78 is 2.09. The van der Waals surface area contributed by atoms with Crippen molar-refractivity contribution in [3.63, 3.8) is 0 Å². The molecule has 2 aromatic carbocycles. The maximum atomic E-state index is 4.80. The van der Waals surface area contributed by atoms with Crippen LogP contribution in [0.5, 0.6) is 0 Å². The summed E-state index contributed by atoms with van der Waals surface area (Å²) in [5, 5.41) is 3.52. The first-order valence-corrected chi connectivity index (χ1v) is 7.67. The molecule has 4 rings (SSSR count). The van der Waals surface area contributed by atoms with Gasteiger partial charge in [0.25, 0.3) is 0 Å². The van der Waals surface area contributed by atoms with Crippen molar-refractivity contribution < 1.29 is 0 Å². The summed E-state index contributed by atoms with van der Waals surface area (Å²) in [7, 11) is 0. The number of rotatable bonds is 3. The predicted octanol–water partition coefficient (Wildman–Crippen LogP) is 5.05. The van der Waals surface area contributed by atoms with E-state index in [9.17, 15) is 0 Å². The summed E-state index contributed by atoms with van der Waals surface area (Å²) in [5.41, 5.74) is 5.29. The molecule has 23 heavy (non-hydrogen) atoms. The second-order valence-corrected chi connectivity index (χ2v) is 5.59. The Morgan fingerprint density at radius 3 is 2.35 bits per heavy atom. The Kier molecular flexibility index (Phi) is 3.31. The minimum atomic E-state index is 0.931. The van der Waals surface area contributed by atoms with Crippen molar-refractivity contribution in [3.05, 3.63) is 84.6 Å². The molecule has 0 atom stereocenters. The number of benzene rings is 2. The van der Waals surface area contributed by atoms with E-state index >= 15 is 0 Å². The smallest absolute Gasteiger partial charge is 0.143 e. The minimum absolute atomic E-state index is 0.931. The average molecular weight is 299 g/mol. The van der Waals surface area contributed by atoms with Crippen LogP contribution in [0.3, 0.4) is 0 Å². The Labute approximate surface area is 135 Å². The summed E-state index contributed by atoms with van der Waals surface area (Å²) in [4.78, 5) is 4.80. The minimum Gasteiger partial charge on any atom is -0.339 e. The lowest BCUT2D eigenvalue weighted by molar-refractivity contribution is 1.18. The van der Waals surface area contributed by atoms with Crippen molar-refractivity contribution in [2.24, 2.45) is 0 Å². The summed E-state index contributed by atoms with van der Waals surface area (Å²) in [5.74, 6) is 0.982. The molecular formula is C20H17N3. The van der Waals surface area contributed by atoms with Gasteiger partial charge in [-0.2, -0.15) is 0 Å². The van der Waals surface area contributed by atoms with Crippen molar-refractivity contribution >= 4 is 17.2 Å². The van der Waals surface area contributed by atoms with E-state index in [2.05, 4.69) is 53.0 Å². The lowest BCUT2D eigenvalue weighted by atomic mass is 10.1. The van der Waals surface area contributed by atoms with Crippen LogP contribution in [0.15, 0.2) is 79.0 Å². The number of hydrogen-bond donors (Lipinski definition) is 1. The normalized spacial score (nSPS) is 10.8. The molecule has 0 aliphatic carbocycles. The average Bonchev–Trinajstić information content (AvgIpc) is 2.96. The Hall–Kier alpha value is -3.07. The van der Waals surface area contributed by atoms with Crippen LogP contribution >= 0.6 is 0 Å². The summed E-state index contributed by atoms with van der Waals surface area (Å²) in [6.07, 6.45) is 2.03. The molecule has 0 saturated heterocycles. The summed E-state index contributed by atoms with van der Waals surface area (Å²) in [6.45, 7) is 2.09. The quantitative estimate of drug-likeness (QED) is 0.573. The van der Waals surface area contributed by atoms with Crippen LogP contribution in [0.2, 0.25) is 0 Å². The van der Waals surface area contributed by atoms with Gasteiger partial charge in [0.2, 0.25) is 0 Å². The number of aryl methyl sites for hydroxylation is 1. The number of imidazole rings is 1. The molecule has 0 amide bonds. The third-order valence-electron chi connectivity index (χ3n) is 3.89. The first kappa shape index (κ1) is 13.6. The van der Waals surface area contributed by atoms with Gasteiger partial charge in [-0.25, -0.2) is 4.98 Å². The largest absolute Gasteiger partial charge is 0.339 e. The van der Waals surface area contributed by atoms with Crippen molar-refractivity contribution in [1.29, 1.82) is 0 Å². The van der Waals surface area contributed by atoms with Gasteiger partial charge >= 0.3 is 0 Å². The Balaban J connectivity index is 1.87. The molecule has 112 valence electrons. The molecule has 0 bridgehead atoms. The third-order valence-corrected chi connectivity index (χ3v) is 3.89. The van der Waals surface area contributed by atoms with E-state index in [0.29, 0.717) is 0 Å². The number of pyridine rings is 1. The first-order chi connectivity index (χ1) is 11.3. The molecule has 3 heteroatoms. The second-order valence-electron chi connectivity index (χ2n) is 5.59. The third kappa shape index (κ3) is 2.57. The van der Waals surface area contributed by atoms with Gasteiger partial charge < -0.3 is 5.32 Å². The van der Waals surface area contributed by atoms with Crippen LogP contribution in [-0.4, -0.2) is 9.38 Å². The molecule has 0 fully saturated rings. The number of anilines is 2. The lowest BCUT2D eigenvalue weighted by Gasteiger charge is -2.09. The maximum absolute atomic E-state index is 4.80. The molecule has 0 saturated carbocycles. The molecule has 0 unspecified atom stereocenters. The van der Waals surface area contributed by atoms with E-state index in [-0.39, 0.29) is 0 Å². The van der Waals surface area contributed by atoms with Gasteiger partial charge in [-0.1, -0.05) is 54.1 Å². The highest BCUT2D eigenvalue weighted by Crippen LogP contribution is 2.30. The summed E-state index contributed by atoms with van der Waals surface area (Å²) >= 11 is 0. The molecule has 0 radical (unpaired) electrons. The molecular weight excluding hydrogens is 282 g/mol. The van der Waals surface area contributed by atoms with Crippen molar-refractivity contribution in [1.82, 2.24) is 9.38 Å². The van der Waals surface area contributed by atoms with E-state index in [1.807, 2.05) is 42.6 Å². The van der Waals surface area contributed by atoms with Crippen molar-refractivity contribution in [2.75, 3.05) is 5.32 Å². The van der Waals surface area contributed by atoms with Crippen molar-refractivity contribution in [3.8, 4) is 11.3 Å². The molecule has 4 aromatic rings. The number of nitrogens with one attached hydrogen (secondary N) is 1. The molecule has 0 spiro atoms. The highest BCUT2D eigenvalue weighted by atomic mass is 15.1. The molecule has 3 nitrogen and oxygen atoms in total. The number of nitrogens with zero attached hydrogens (tertiary/aromatic N) is 2. The number of hydrogen-bond acceptors (Lipinski definition) is 2. The van der Waals surface area contributed by atoms with Crippen LogP contribution in [0.1, 0.15) is 5.56 Å². The zero-order valence-corrected chi connectivity index (χ0v) is 12.9. The molecule has 2 heterocycles. The second kappa shape index (κ2) is 5.61. The number of aromatic nitrogens is 2. The van der Waals surface area contributed by atoms with Crippen LogP contribution in [0.4, 0.5) is 11.5 Å². The fourth-order valence-electron chi connectivity index (χ4n) is 2.69. The lowest BCUT2D eigenvalue weighted by Crippen LogP contribution is -1.96. The predicted molar refractivity (Wildman–Crippen MR) is 95.1 cm³/mol. The molecule has 0 aliphatic heterocycles. The van der Waals surface area contributed by atoms with E-state index in [1.54, 1.807) is 0 Å². The SMILES string of the molecule is Cc1ccc(Nc2c(-c3ccccc3)nc3ccccn23)cc1. The van der Waals surface area contributed by atoms with E-state index in [0.717, 1.165) is 28.4 Å². The van der Waals surface area contributed by atoms with Gasteiger partial charge in [-0.05, 0) is 31.2 Å². The van der Waals surface area contributed by atoms with Gasteiger partial charge in [0.1, 0.15) is 17.2 Å². The van der Waals surface area contributed by atoms with Crippen LogP contribution in [0, 0.1) is 6.92 Å². The van der Waals surface area contributed by atoms with E-state index in [4.69, 9.17) is 4.98 Å². The highest BCUT2D eigenvalue weighted by Gasteiger charge is 2.13. The fraction of sp³-hybridized carbons (Fsp3) is 0.0500.